The van der Waals surface area contributed by atoms with Gasteiger partial charge in [-0.05, 0) is 87.4 Å². The highest BCUT2D eigenvalue weighted by Gasteiger charge is 2.48. The van der Waals surface area contributed by atoms with Crippen LogP contribution in [0.15, 0.2) is 54.3 Å². The lowest BCUT2D eigenvalue weighted by Crippen LogP contribution is -2.52. The molecule has 1 atom stereocenters. The summed E-state index contributed by atoms with van der Waals surface area (Å²) in [7, 11) is -3.88. The Bertz CT molecular complexity index is 958. The molecule has 0 saturated heterocycles. The smallest absolute Gasteiger partial charge is 0.241 e. The van der Waals surface area contributed by atoms with Gasteiger partial charge in [-0.3, -0.25) is 0 Å². The van der Waals surface area contributed by atoms with Gasteiger partial charge in [0.25, 0.3) is 0 Å². The van der Waals surface area contributed by atoms with Gasteiger partial charge in [0.2, 0.25) is 8.32 Å². The van der Waals surface area contributed by atoms with Gasteiger partial charge in [0.15, 0.2) is 13.9 Å². The fraction of sp³-hybridized carbons (Fsp3) is 0.500. The van der Waals surface area contributed by atoms with E-state index in [4.69, 9.17) is 13.6 Å². The van der Waals surface area contributed by atoms with Crippen molar-refractivity contribution in [1.82, 2.24) is 0 Å². The maximum Gasteiger partial charge on any atom is 0.241 e. The van der Waals surface area contributed by atoms with Crippen molar-refractivity contribution >= 4 is 16.6 Å². The molecule has 0 N–H and O–H groups in total. The molecule has 1 aromatic rings. The lowest BCUT2D eigenvalue weighted by atomic mass is 9.89. The summed E-state index contributed by atoms with van der Waals surface area (Å²) in [6, 6.07) is 9.69. The number of hydrogen-bond acceptors (Lipinski definition) is 3. The van der Waals surface area contributed by atoms with Crippen LogP contribution in [0.3, 0.4) is 0 Å². The number of hydrogen-bond donors (Lipinski definition) is 0. The van der Waals surface area contributed by atoms with Crippen molar-refractivity contribution in [3.63, 3.8) is 0 Å². The average Bonchev–Trinajstić information content (AvgIpc) is 2.70. The summed E-state index contributed by atoms with van der Waals surface area (Å²) in [6.07, 6.45) is 8.68. The van der Waals surface area contributed by atoms with Crippen LogP contribution in [0.2, 0.25) is 37.8 Å². The molecule has 1 aromatic carbocycles. The maximum atomic E-state index is 6.99. The summed E-state index contributed by atoms with van der Waals surface area (Å²) >= 11 is 0. The quantitative estimate of drug-likeness (QED) is 0.315. The van der Waals surface area contributed by atoms with E-state index in [2.05, 4.69) is 83.3 Å². The zero-order valence-corrected chi connectivity index (χ0v) is 23.7. The Morgan fingerprint density at radius 3 is 2.30 bits per heavy atom. The van der Waals surface area contributed by atoms with Gasteiger partial charge < -0.3 is 13.6 Å². The maximum absolute atomic E-state index is 6.99. The molecule has 178 valence electrons. The van der Waals surface area contributed by atoms with E-state index in [0.717, 1.165) is 30.8 Å². The second-order valence-electron chi connectivity index (χ2n) is 10.9. The molecule has 1 unspecified atom stereocenters. The third-order valence-corrected chi connectivity index (χ3v) is 11.1. The predicted molar refractivity (Wildman–Crippen MR) is 144 cm³/mol. The number of allylic oxidation sites excluding steroid dienone is 3. The molecule has 1 aliphatic carbocycles. The van der Waals surface area contributed by atoms with Gasteiger partial charge in [0.1, 0.15) is 18.1 Å². The number of benzene rings is 1. The number of para-hydroxylation sites is 1. The first-order chi connectivity index (χ1) is 15.3. The van der Waals surface area contributed by atoms with Crippen LogP contribution in [0.5, 0.6) is 5.75 Å². The van der Waals surface area contributed by atoms with E-state index < -0.39 is 22.2 Å². The van der Waals surface area contributed by atoms with Crippen molar-refractivity contribution in [2.24, 2.45) is 0 Å². The molecule has 0 aromatic heterocycles. The largest absolute Gasteiger partial charge is 0.545 e. The van der Waals surface area contributed by atoms with Crippen molar-refractivity contribution in [2.45, 2.75) is 83.4 Å². The van der Waals surface area contributed by atoms with Crippen molar-refractivity contribution in [2.75, 3.05) is 6.61 Å². The second-order valence-corrected chi connectivity index (χ2v) is 20.0. The van der Waals surface area contributed by atoms with Crippen molar-refractivity contribution in [3.05, 3.63) is 54.3 Å². The lowest BCUT2D eigenvalue weighted by molar-refractivity contribution is 0.0864. The highest BCUT2D eigenvalue weighted by Crippen LogP contribution is 2.44. The van der Waals surface area contributed by atoms with Gasteiger partial charge in [-0.15, -0.1) is 0 Å². The Morgan fingerprint density at radius 2 is 1.67 bits per heavy atom. The molecule has 3 nitrogen and oxygen atoms in total. The Labute approximate surface area is 203 Å². The van der Waals surface area contributed by atoms with Gasteiger partial charge in [-0.2, -0.15) is 0 Å². The molecule has 33 heavy (non-hydrogen) atoms. The van der Waals surface area contributed by atoms with Crippen LogP contribution in [0, 0.1) is 23.7 Å². The molecule has 0 spiro atoms. The highest BCUT2D eigenvalue weighted by molar-refractivity contribution is 6.74. The van der Waals surface area contributed by atoms with Gasteiger partial charge >= 0.3 is 0 Å². The van der Waals surface area contributed by atoms with Gasteiger partial charge in [0.05, 0.1) is 0 Å². The summed E-state index contributed by atoms with van der Waals surface area (Å²) in [6.45, 7) is 18.3. The Morgan fingerprint density at radius 1 is 1.00 bits per heavy atom. The van der Waals surface area contributed by atoms with Crippen molar-refractivity contribution < 1.29 is 13.6 Å². The Hall–Kier alpha value is -2.19. The summed E-state index contributed by atoms with van der Waals surface area (Å²) in [5, 5.41) is 0.0868. The fourth-order valence-electron chi connectivity index (χ4n) is 3.14. The Balaban J connectivity index is 2.21. The molecule has 0 radical (unpaired) electrons. The van der Waals surface area contributed by atoms with E-state index in [-0.39, 0.29) is 5.04 Å². The molecular formula is C28H40O3Si2. The zero-order chi connectivity index (χ0) is 24.6. The monoisotopic (exact) mass is 480 g/mol. The minimum atomic E-state index is -2.08. The first-order valence-electron chi connectivity index (χ1n) is 11.8. The topological polar surface area (TPSA) is 27.7 Å². The molecule has 1 aliphatic rings. The van der Waals surface area contributed by atoms with E-state index in [0.29, 0.717) is 6.61 Å². The Kier molecular flexibility index (Phi) is 9.26. The van der Waals surface area contributed by atoms with Crippen LogP contribution >= 0.6 is 0 Å². The van der Waals surface area contributed by atoms with E-state index in [1.807, 2.05) is 30.3 Å². The highest BCUT2D eigenvalue weighted by atomic mass is 28.4. The summed E-state index contributed by atoms with van der Waals surface area (Å²) < 4.78 is 19.1. The molecule has 5 heteroatoms. The molecule has 0 heterocycles. The molecular weight excluding hydrogens is 440 g/mol. The lowest BCUT2D eigenvalue weighted by Gasteiger charge is -2.46. The SMILES string of the molecule is CC(C)(C)[Si](C)(C)OC1(C#CC=CC#CCOc2ccccc2)CCCC=C1O[Si](C)(C)C. The molecule has 0 amide bonds. The number of ether oxygens (including phenoxy) is 1. The van der Waals surface area contributed by atoms with E-state index in [9.17, 15) is 0 Å². The normalized spacial score (nSPS) is 19.1. The minimum Gasteiger partial charge on any atom is -0.545 e. The zero-order valence-electron chi connectivity index (χ0n) is 21.7. The molecule has 0 fully saturated rings. The second kappa shape index (κ2) is 11.3. The van der Waals surface area contributed by atoms with Crippen LogP contribution in [-0.2, 0) is 8.85 Å². The fourth-order valence-corrected chi connectivity index (χ4v) is 5.48. The van der Waals surface area contributed by atoms with Crippen molar-refractivity contribution in [1.29, 1.82) is 0 Å². The van der Waals surface area contributed by atoms with Gasteiger partial charge in [0, 0.05) is 0 Å². The van der Waals surface area contributed by atoms with Gasteiger partial charge in [-0.25, -0.2) is 0 Å². The molecule has 0 saturated carbocycles. The molecule has 0 aliphatic heterocycles. The molecule has 2 rings (SSSR count). The van der Waals surface area contributed by atoms with Crippen LogP contribution < -0.4 is 4.74 Å². The number of rotatable bonds is 6. The third kappa shape index (κ3) is 8.59. The van der Waals surface area contributed by atoms with E-state index >= 15 is 0 Å². The van der Waals surface area contributed by atoms with Crippen LogP contribution in [0.1, 0.15) is 40.0 Å². The average molecular weight is 481 g/mol. The summed E-state index contributed by atoms with van der Waals surface area (Å²) in [4.78, 5) is 0. The van der Waals surface area contributed by atoms with Crippen LogP contribution in [-0.4, -0.2) is 28.8 Å². The summed E-state index contributed by atoms with van der Waals surface area (Å²) in [5.74, 6) is 14.4. The van der Waals surface area contributed by atoms with Gasteiger partial charge in [-0.1, -0.05) is 62.7 Å². The van der Waals surface area contributed by atoms with Crippen LogP contribution in [0.4, 0.5) is 0 Å². The minimum absolute atomic E-state index is 0.0868. The summed E-state index contributed by atoms with van der Waals surface area (Å²) in [5.41, 5.74) is -0.685. The van der Waals surface area contributed by atoms with Crippen molar-refractivity contribution in [3.8, 4) is 29.4 Å². The molecule has 0 bridgehead atoms. The van der Waals surface area contributed by atoms with Crippen LogP contribution in [0.25, 0.3) is 0 Å². The van der Waals surface area contributed by atoms with E-state index in [1.165, 1.54) is 0 Å². The first kappa shape index (κ1) is 27.1. The van der Waals surface area contributed by atoms with E-state index in [1.54, 1.807) is 12.2 Å². The first-order valence-corrected chi connectivity index (χ1v) is 18.1. The standard InChI is InChI=1S/C28H40O3Si2/c1-27(2,3)33(7,8)31-28(23-17-15-21-26(28)30-32(4,5)6)22-16-10-9-11-18-24-29-25-19-13-12-14-20-25/h9-10,12-14,19-21H,15,17,23-24H2,1-8H3. The third-order valence-electron chi connectivity index (χ3n) is 5.79. The predicted octanol–water partition coefficient (Wildman–Crippen LogP) is 7.31.